The van der Waals surface area contributed by atoms with Gasteiger partial charge in [0, 0.05) is 72.9 Å². The minimum atomic E-state index is -4.38. The largest absolute Gasteiger partial charge is 0.416 e. The van der Waals surface area contributed by atoms with Gasteiger partial charge in [-0.2, -0.15) is 13.2 Å². The van der Waals surface area contributed by atoms with Crippen molar-refractivity contribution >= 4 is 60.4 Å². The lowest BCUT2D eigenvalue weighted by Gasteiger charge is -2.34. The van der Waals surface area contributed by atoms with Crippen LogP contribution in [-0.4, -0.2) is 50.2 Å². The third-order valence-corrected chi connectivity index (χ3v) is 7.88. The molecular formula is C25H36Cl3F3N4S. The van der Waals surface area contributed by atoms with Crippen LogP contribution in [0.15, 0.2) is 40.1 Å². The Morgan fingerprint density at radius 3 is 2.28 bits per heavy atom. The molecule has 36 heavy (non-hydrogen) atoms. The van der Waals surface area contributed by atoms with Crippen LogP contribution in [0.25, 0.3) is 0 Å². The summed E-state index contributed by atoms with van der Waals surface area (Å²) in [5, 5.41) is 3.48. The summed E-state index contributed by atoms with van der Waals surface area (Å²) in [6.07, 6.45) is -1.92. The highest BCUT2D eigenvalue weighted by Gasteiger charge is 2.34. The third kappa shape index (κ3) is 7.51. The number of halogens is 6. The second kappa shape index (κ2) is 14.2. The zero-order valence-electron chi connectivity index (χ0n) is 20.6. The maximum Gasteiger partial charge on any atom is 0.416 e. The fourth-order valence-electron chi connectivity index (χ4n) is 4.79. The molecule has 4 rings (SSSR count). The molecule has 2 aromatic rings. The van der Waals surface area contributed by atoms with Crippen molar-refractivity contribution in [2.24, 2.45) is 5.73 Å². The Morgan fingerprint density at radius 1 is 1.03 bits per heavy atom. The summed E-state index contributed by atoms with van der Waals surface area (Å²) in [6, 6.07) is 9.18. The lowest BCUT2D eigenvalue weighted by molar-refractivity contribution is -0.137. The number of nitrogens with one attached hydrogen (secondary N) is 1. The summed E-state index contributed by atoms with van der Waals surface area (Å²) in [4.78, 5) is 6.33. The van der Waals surface area contributed by atoms with Crippen LogP contribution < -0.4 is 16.0 Å². The Hall–Kier alpha value is -1.03. The number of alkyl halides is 3. The van der Waals surface area contributed by atoms with Gasteiger partial charge in [-0.15, -0.1) is 37.2 Å². The van der Waals surface area contributed by atoms with Gasteiger partial charge >= 0.3 is 6.18 Å². The van der Waals surface area contributed by atoms with Gasteiger partial charge in [0.1, 0.15) is 0 Å². The van der Waals surface area contributed by atoms with Gasteiger partial charge in [-0.1, -0.05) is 17.8 Å². The summed E-state index contributed by atoms with van der Waals surface area (Å²) < 4.78 is 41.2. The van der Waals surface area contributed by atoms with Crippen LogP contribution in [0, 0.1) is 0 Å². The van der Waals surface area contributed by atoms with Gasteiger partial charge in [-0.25, -0.2) is 0 Å². The Morgan fingerprint density at radius 2 is 1.69 bits per heavy atom. The van der Waals surface area contributed by atoms with E-state index >= 15 is 0 Å². The highest BCUT2D eigenvalue weighted by molar-refractivity contribution is 7.99. The van der Waals surface area contributed by atoms with Gasteiger partial charge < -0.3 is 20.9 Å². The van der Waals surface area contributed by atoms with Crippen LogP contribution in [0.3, 0.4) is 0 Å². The molecule has 2 aliphatic heterocycles. The van der Waals surface area contributed by atoms with Gasteiger partial charge in [-0.3, -0.25) is 0 Å². The Balaban J connectivity index is 0.00000216. The maximum absolute atomic E-state index is 13.7. The maximum atomic E-state index is 13.7. The number of hydrogen-bond donors (Lipinski definition) is 2. The lowest BCUT2D eigenvalue weighted by Crippen LogP contribution is -2.41. The average molecular weight is 588 g/mol. The van der Waals surface area contributed by atoms with Gasteiger partial charge in [0.15, 0.2) is 0 Å². The monoisotopic (exact) mass is 586 g/mol. The van der Waals surface area contributed by atoms with Gasteiger partial charge in [-0.05, 0) is 62.1 Å². The summed E-state index contributed by atoms with van der Waals surface area (Å²) in [5.74, 6) is 0. The van der Waals surface area contributed by atoms with Crippen molar-refractivity contribution in [2.45, 2.75) is 55.1 Å². The second-order valence-electron chi connectivity index (χ2n) is 8.79. The first-order valence-electron chi connectivity index (χ1n) is 11.8. The molecule has 3 N–H and O–H groups in total. The first-order valence-corrected chi connectivity index (χ1v) is 12.6. The summed E-state index contributed by atoms with van der Waals surface area (Å²) in [5.41, 5.74) is 8.97. The SMILES string of the molecule is CCN(CC)c1ccc2c(c1)Sc1cc(C(F)(F)F)cc(NC3CCN(CCN)CC3)c1C2.Cl.Cl.Cl. The normalized spacial score (nSPS) is 15.5. The predicted octanol–water partition coefficient (Wildman–Crippen LogP) is 6.71. The number of benzene rings is 2. The molecule has 4 nitrogen and oxygen atoms in total. The number of anilines is 2. The van der Waals surface area contributed by atoms with Crippen LogP contribution in [-0.2, 0) is 12.6 Å². The van der Waals surface area contributed by atoms with Crippen molar-refractivity contribution in [3.8, 4) is 0 Å². The molecule has 0 radical (unpaired) electrons. The van der Waals surface area contributed by atoms with E-state index in [-0.39, 0.29) is 43.3 Å². The fraction of sp³-hybridized carbons (Fsp3) is 0.520. The molecule has 0 aliphatic carbocycles. The summed E-state index contributed by atoms with van der Waals surface area (Å²) in [7, 11) is 0. The highest BCUT2D eigenvalue weighted by Crippen LogP contribution is 2.46. The van der Waals surface area contributed by atoms with E-state index in [0.29, 0.717) is 23.5 Å². The molecule has 0 bridgehead atoms. The van der Waals surface area contributed by atoms with Crippen molar-refractivity contribution in [3.63, 3.8) is 0 Å². The van der Waals surface area contributed by atoms with E-state index < -0.39 is 11.7 Å². The molecule has 1 fully saturated rings. The lowest BCUT2D eigenvalue weighted by atomic mass is 9.98. The molecule has 2 heterocycles. The van der Waals surface area contributed by atoms with E-state index in [2.05, 4.69) is 47.2 Å². The molecule has 2 aromatic carbocycles. The van der Waals surface area contributed by atoms with Crippen molar-refractivity contribution in [2.75, 3.05) is 49.5 Å². The van der Waals surface area contributed by atoms with Crippen molar-refractivity contribution in [1.29, 1.82) is 0 Å². The van der Waals surface area contributed by atoms with Gasteiger partial charge in [0.2, 0.25) is 0 Å². The Kier molecular flexibility index (Phi) is 13.0. The summed E-state index contributed by atoms with van der Waals surface area (Å²) >= 11 is 1.46. The first-order chi connectivity index (χ1) is 15.8. The predicted molar refractivity (Wildman–Crippen MR) is 152 cm³/mol. The van der Waals surface area contributed by atoms with E-state index in [4.69, 9.17) is 5.73 Å². The standard InChI is InChI=1S/C25H33F3N4S.3ClH/c1-3-32(4-2)20-6-5-17-13-21-22(30-19-7-10-31(11-8-19)12-9-29)14-18(25(26,27)28)15-24(21)33-23(17)16-20;;;/h5-6,14-16,19,30H,3-4,7-13,29H2,1-2H3;3*1H. The molecule has 1 saturated heterocycles. The highest BCUT2D eigenvalue weighted by atomic mass is 35.5. The van der Waals surface area contributed by atoms with E-state index in [1.54, 1.807) is 0 Å². The van der Waals surface area contributed by atoms with E-state index in [1.165, 1.54) is 29.5 Å². The topological polar surface area (TPSA) is 44.5 Å². The molecule has 2 aliphatic rings. The molecule has 204 valence electrons. The van der Waals surface area contributed by atoms with Crippen molar-refractivity contribution < 1.29 is 13.2 Å². The van der Waals surface area contributed by atoms with E-state index in [1.807, 2.05) is 0 Å². The zero-order valence-corrected chi connectivity index (χ0v) is 23.8. The van der Waals surface area contributed by atoms with Crippen LogP contribution >= 0.6 is 49.0 Å². The Bertz CT molecular complexity index is 982. The number of rotatable bonds is 7. The number of hydrogen-bond acceptors (Lipinski definition) is 5. The van der Waals surface area contributed by atoms with E-state index in [0.717, 1.165) is 61.7 Å². The molecule has 11 heteroatoms. The Labute approximate surface area is 235 Å². The molecule has 0 amide bonds. The zero-order chi connectivity index (χ0) is 23.6. The van der Waals surface area contributed by atoms with Crippen LogP contribution in [0.1, 0.15) is 43.4 Å². The molecule has 0 spiro atoms. The number of piperidine rings is 1. The molecular weight excluding hydrogens is 552 g/mol. The third-order valence-electron chi connectivity index (χ3n) is 6.70. The first kappa shape index (κ1) is 33.0. The number of likely N-dealkylation sites (tertiary alicyclic amines) is 1. The number of nitrogens with zero attached hydrogens (tertiary/aromatic N) is 2. The van der Waals surface area contributed by atoms with Crippen molar-refractivity contribution in [3.05, 3.63) is 47.0 Å². The molecule has 0 saturated carbocycles. The molecule has 0 atom stereocenters. The fourth-order valence-corrected chi connectivity index (χ4v) is 5.97. The quantitative estimate of drug-likeness (QED) is 0.322. The average Bonchev–Trinajstić information content (AvgIpc) is 2.79. The number of nitrogens with two attached hydrogens (primary N) is 1. The molecule has 0 unspecified atom stereocenters. The number of fused-ring (bicyclic) bond motifs is 2. The van der Waals surface area contributed by atoms with Gasteiger partial charge in [0.05, 0.1) is 5.56 Å². The van der Waals surface area contributed by atoms with Crippen LogP contribution in [0.2, 0.25) is 0 Å². The van der Waals surface area contributed by atoms with Crippen LogP contribution in [0.5, 0.6) is 0 Å². The van der Waals surface area contributed by atoms with Crippen molar-refractivity contribution in [1.82, 2.24) is 4.90 Å². The second-order valence-corrected chi connectivity index (χ2v) is 9.87. The smallest absolute Gasteiger partial charge is 0.382 e. The minimum absolute atomic E-state index is 0. The summed E-state index contributed by atoms with van der Waals surface area (Å²) in [6.45, 7) is 9.35. The van der Waals surface area contributed by atoms with Gasteiger partial charge in [0.25, 0.3) is 0 Å². The van der Waals surface area contributed by atoms with E-state index in [9.17, 15) is 13.2 Å². The molecule has 0 aromatic heterocycles. The van der Waals surface area contributed by atoms with Crippen LogP contribution in [0.4, 0.5) is 24.5 Å². The minimum Gasteiger partial charge on any atom is -0.382 e.